The van der Waals surface area contributed by atoms with Gasteiger partial charge in [-0.3, -0.25) is 4.79 Å². The van der Waals surface area contributed by atoms with Gasteiger partial charge in [-0.1, -0.05) is 24.6 Å². The van der Waals surface area contributed by atoms with Crippen LogP contribution in [-0.4, -0.2) is 28.0 Å². The Morgan fingerprint density at radius 1 is 1.17 bits per heavy atom. The minimum absolute atomic E-state index is 0. The summed E-state index contributed by atoms with van der Waals surface area (Å²) in [7, 11) is 2.11. The quantitative estimate of drug-likeness (QED) is 0.665. The number of fused-ring (bicyclic) bond motifs is 2. The van der Waals surface area contributed by atoms with Gasteiger partial charge in [-0.25, -0.2) is 4.98 Å². The van der Waals surface area contributed by atoms with E-state index in [1.807, 2.05) is 12.1 Å². The molecule has 5 rings (SSSR count). The normalized spacial score (nSPS) is 21.0. The Kier molecular flexibility index (Phi) is 6.11. The number of nitrogens with zero attached hydrogens (tertiary/aromatic N) is 2. The van der Waals surface area contributed by atoms with E-state index in [2.05, 4.69) is 52.6 Å². The summed E-state index contributed by atoms with van der Waals surface area (Å²) < 4.78 is 2.22. The van der Waals surface area contributed by atoms with E-state index in [0.717, 1.165) is 62.1 Å². The molecule has 1 fully saturated rings. The van der Waals surface area contributed by atoms with Crippen LogP contribution in [0.15, 0.2) is 42.5 Å². The molecule has 1 aromatic heterocycles. The molecule has 158 valence electrons. The highest BCUT2D eigenvalue weighted by atomic mass is 35.5. The molecule has 2 N–H and O–H groups in total. The lowest BCUT2D eigenvalue weighted by atomic mass is 9.85. The number of imidazole rings is 1. The smallest absolute Gasteiger partial charge is 0.251 e. The molecule has 0 unspecified atom stereocenters. The molecule has 6 heteroatoms. The molecule has 1 amide bonds. The van der Waals surface area contributed by atoms with Crippen molar-refractivity contribution < 1.29 is 4.79 Å². The summed E-state index contributed by atoms with van der Waals surface area (Å²) >= 11 is 0. The summed E-state index contributed by atoms with van der Waals surface area (Å²) in [5.74, 6) is 1.58. The lowest BCUT2D eigenvalue weighted by molar-refractivity contribution is 0.0924. The van der Waals surface area contributed by atoms with Crippen molar-refractivity contribution in [1.82, 2.24) is 20.2 Å². The van der Waals surface area contributed by atoms with Gasteiger partial charge >= 0.3 is 0 Å². The van der Waals surface area contributed by atoms with Crippen LogP contribution < -0.4 is 10.6 Å². The van der Waals surface area contributed by atoms with E-state index in [1.165, 1.54) is 16.6 Å². The zero-order chi connectivity index (χ0) is 19.8. The zero-order valence-electron chi connectivity index (χ0n) is 17.4. The number of aromatic nitrogens is 2. The first kappa shape index (κ1) is 20.9. The molecule has 0 radical (unpaired) electrons. The summed E-state index contributed by atoms with van der Waals surface area (Å²) in [4.78, 5) is 17.8. The van der Waals surface area contributed by atoms with Crippen molar-refractivity contribution in [3.05, 3.63) is 65.0 Å². The molecule has 2 aliphatic rings. The monoisotopic (exact) mass is 424 g/mol. The average Bonchev–Trinajstić information content (AvgIpc) is 3.10. The fourth-order valence-electron chi connectivity index (χ4n) is 4.98. The molecule has 1 saturated carbocycles. The van der Waals surface area contributed by atoms with Crippen molar-refractivity contribution >= 4 is 29.3 Å². The maximum absolute atomic E-state index is 12.9. The second-order valence-corrected chi connectivity index (χ2v) is 8.46. The maximum atomic E-state index is 12.9. The predicted molar refractivity (Wildman–Crippen MR) is 122 cm³/mol. The highest BCUT2D eigenvalue weighted by Crippen LogP contribution is 2.34. The van der Waals surface area contributed by atoms with Gasteiger partial charge in [0, 0.05) is 31.1 Å². The SMILES string of the molecule is Cl.Cn1c([C@H]2CCC[C@@H](NC(=O)c3ccc4c(c3)CNCC4)C2)nc2ccccc21. The minimum Gasteiger partial charge on any atom is -0.349 e. The lowest BCUT2D eigenvalue weighted by Crippen LogP contribution is -2.38. The molecule has 0 spiro atoms. The number of amides is 1. The topological polar surface area (TPSA) is 59.0 Å². The zero-order valence-corrected chi connectivity index (χ0v) is 18.2. The number of rotatable bonds is 3. The molecule has 3 aromatic rings. The molecule has 1 aliphatic heterocycles. The largest absolute Gasteiger partial charge is 0.349 e. The number of para-hydroxylation sites is 2. The number of hydrogen-bond acceptors (Lipinski definition) is 3. The van der Waals surface area contributed by atoms with Crippen LogP contribution in [-0.2, 0) is 20.0 Å². The van der Waals surface area contributed by atoms with Gasteiger partial charge in [0.15, 0.2) is 0 Å². The third kappa shape index (κ3) is 3.96. The van der Waals surface area contributed by atoms with Crippen LogP contribution >= 0.6 is 12.4 Å². The van der Waals surface area contributed by atoms with Gasteiger partial charge in [0.1, 0.15) is 5.82 Å². The van der Waals surface area contributed by atoms with E-state index in [1.54, 1.807) is 0 Å². The molecular weight excluding hydrogens is 396 g/mol. The molecular formula is C24H29ClN4O. The van der Waals surface area contributed by atoms with Gasteiger partial charge in [-0.2, -0.15) is 0 Å². The minimum atomic E-state index is 0. The van der Waals surface area contributed by atoms with Crippen LogP contribution in [0.5, 0.6) is 0 Å². The second-order valence-electron chi connectivity index (χ2n) is 8.46. The molecule has 0 saturated heterocycles. The Morgan fingerprint density at radius 2 is 2.03 bits per heavy atom. The molecule has 2 heterocycles. The number of aryl methyl sites for hydroxylation is 1. The Hall–Kier alpha value is -2.37. The van der Waals surface area contributed by atoms with Gasteiger partial charge < -0.3 is 15.2 Å². The summed E-state index contributed by atoms with van der Waals surface area (Å²) in [6.45, 7) is 1.87. The highest BCUT2D eigenvalue weighted by Gasteiger charge is 2.28. The van der Waals surface area contributed by atoms with Crippen LogP contribution in [0, 0.1) is 0 Å². The van der Waals surface area contributed by atoms with Crippen LogP contribution in [0.1, 0.15) is 58.9 Å². The molecule has 30 heavy (non-hydrogen) atoms. The van der Waals surface area contributed by atoms with Crippen molar-refractivity contribution in [3.8, 4) is 0 Å². The van der Waals surface area contributed by atoms with E-state index in [9.17, 15) is 4.79 Å². The first-order valence-corrected chi connectivity index (χ1v) is 10.7. The first-order chi connectivity index (χ1) is 14.2. The van der Waals surface area contributed by atoms with Crippen LogP contribution in [0.4, 0.5) is 0 Å². The van der Waals surface area contributed by atoms with Gasteiger partial charge in [-0.05, 0) is 67.6 Å². The summed E-state index contributed by atoms with van der Waals surface area (Å²) in [6.07, 6.45) is 5.29. The molecule has 2 atom stereocenters. The number of carbonyl (C=O) groups is 1. The van der Waals surface area contributed by atoms with E-state index >= 15 is 0 Å². The van der Waals surface area contributed by atoms with E-state index in [-0.39, 0.29) is 24.4 Å². The number of benzene rings is 2. The fraction of sp³-hybridized carbons (Fsp3) is 0.417. The number of nitrogens with one attached hydrogen (secondary N) is 2. The number of halogens is 1. The number of carbonyl (C=O) groups excluding carboxylic acids is 1. The second kappa shape index (κ2) is 8.78. The predicted octanol–water partition coefficient (Wildman–Crippen LogP) is 4.10. The van der Waals surface area contributed by atoms with Crippen molar-refractivity contribution in [2.45, 2.75) is 50.6 Å². The molecule has 5 nitrogen and oxygen atoms in total. The van der Waals surface area contributed by atoms with E-state index in [0.29, 0.717) is 5.92 Å². The van der Waals surface area contributed by atoms with Crippen molar-refractivity contribution in [3.63, 3.8) is 0 Å². The van der Waals surface area contributed by atoms with Gasteiger partial charge in [0.2, 0.25) is 0 Å². The van der Waals surface area contributed by atoms with Crippen molar-refractivity contribution in [2.24, 2.45) is 7.05 Å². The summed E-state index contributed by atoms with van der Waals surface area (Å²) in [5, 5.41) is 6.69. The van der Waals surface area contributed by atoms with Crippen LogP contribution in [0.3, 0.4) is 0 Å². The Labute approximate surface area is 183 Å². The standard InChI is InChI=1S/C24H28N4O.ClH/c1-28-22-8-3-2-7-21(22)27-23(28)17-5-4-6-20(14-17)26-24(29)18-10-9-16-11-12-25-15-19(16)13-18;/h2-3,7-10,13,17,20,25H,4-6,11-12,14-15H2,1H3,(H,26,29);1H/t17-,20+;/m0./s1. The molecule has 1 aliphatic carbocycles. The van der Waals surface area contributed by atoms with E-state index in [4.69, 9.17) is 4.98 Å². The lowest BCUT2D eigenvalue weighted by Gasteiger charge is -2.29. The van der Waals surface area contributed by atoms with Crippen molar-refractivity contribution in [1.29, 1.82) is 0 Å². The third-order valence-electron chi connectivity index (χ3n) is 6.55. The number of hydrogen-bond donors (Lipinski definition) is 2. The van der Waals surface area contributed by atoms with Gasteiger partial charge in [-0.15, -0.1) is 12.4 Å². The summed E-state index contributed by atoms with van der Waals surface area (Å²) in [5.41, 5.74) is 5.62. The summed E-state index contributed by atoms with van der Waals surface area (Å²) in [6, 6.07) is 14.7. The van der Waals surface area contributed by atoms with Crippen LogP contribution in [0.2, 0.25) is 0 Å². The Balaban J connectivity index is 0.00000218. The Morgan fingerprint density at radius 3 is 2.90 bits per heavy atom. The fourth-order valence-corrected chi connectivity index (χ4v) is 4.98. The van der Waals surface area contributed by atoms with Crippen LogP contribution in [0.25, 0.3) is 11.0 Å². The third-order valence-corrected chi connectivity index (χ3v) is 6.55. The Bertz CT molecular complexity index is 1060. The van der Waals surface area contributed by atoms with Gasteiger partial charge in [0.25, 0.3) is 5.91 Å². The molecule has 2 aromatic carbocycles. The average molecular weight is 425 g/mol. The highest BCUT2D eigenvalue weighted by molar-refractivity contribution is 5.94. The van der Waals surface area contributed by atoms with E-state index < -0.39 is 0 Å². The van der Waals surface area contributed by atoms with Crippen molar-refractivity contribution in [2.75, 3.05) is 6.54 Å². The first-order valence-electron chi connectivity index (χ1n) is 10.7. The van der Waals surface area contributed by atoms with Gasteiger partial charge in [0.05, 0.1) is 11.0 Å². The molecule has 0 bridgehead atoms. The maximum Gasteiger partial charge on any atom is 0.251 e.